The zero-order valence-corrected chi connectivity index (χ0v) is 15.0. The Morgan fingerprint density at radius 1 is 1.20 bits per heavy atom. The van der Waals surface area contributed by atoms with Crippen molar-refractivity contribution in [3.8, 4) is 5.75 Å². The summed E-state index contributed by atoms with van der Waals surface area (Å²) >= 11 is 1.48. The highest BCUT2D eigenvalue weighted by Gasteiger charge is 2.16. The van der Waals surface area contributed by atoms with Crippen LogP contribution in [0, 0.1) is 6.92 Å². The number of aromatic nitrogens is 1. The minimum Gasteiger partial charge on any atom is -0.481 e. The molecule has 0 saturated heterocycles. The summed E-state index contributed by atoms with van der Waals surface area (Å²) in [6, 6.07) is 17.8. The van der Waals surface area contributed by atoms with Crippen molar-refractivity contribution in [3.05, 3.63) is 76.8 Å². The van der Waals surface area contributed by atoms with E-state index in [4.69, 9.17) is 4.74 Å². The molecular formula is C20H20N2O2S. The van der Waals surface area contributed by atoms with Crippen LogP contribution in [0.15, 0.2) is 60.8 Å². The maximum atomic E-state index is 12.3. The van der Waals surface area contributed by atoms with Crippen LogP contribution in [-0.4, -0.2) is 17.0 Å². The maximum absolute atomic E-state index is 12.3. The van der Waals surface area contributed by atoms with Gasteiger partial charge < -0.3 is 4.74 Å². The molecule has 0 fully saturated rings. The summed E-state index contributed by atoms with van der Waals surface area (Å²) in [4.78, 5) is 17.7. The highest BCUT2D eigenvalue weighted by Crippen LogP contribution is 2.22. The summed E-state index contributed by atoms with van der Waals surface area (Å²) in [6.45, 7) is 3.72. The SMILES string of the molecule is Cc1cccc(OC(C)C(=O)Nc2ncc(Cc3ccccc3)s2)c1. The van der Waals surface area contributed by atoms with Crippen LogP contribution in [0.25, 0.3) is 0 Å². The standard InChI is InChI=1S/C20H20N2O2S/c1-14-7-6-10-17(11-14)24-15(2)19(23)22-20-21-13-18(25-20)12-16-8-4-3-5-9-16/h3-11,13,15H,12H2,1-2H3,(H,21,22,23). The molecule has 1 atom stereocenters. The number of aryl methyl sites for hydroxylation is 1. The fourth-order valence-electron chi connectivity index (χ4n) is 2.40. The lowest BCUT2D eigenvalue weighted by molar-refractivity contribution is -0.122. The Kier molecular flexibility index (Phi) is 5.46. The Morgan fingerprint density at radius 2 is 2.00 bits per heavy atom. The van der Waals surface area contributed by atoms with Crippen molar-refractivity contribution < 1.29 is 9.53 Å². The van der Waals surface area contributed by atoms with E-state index in [1.165, 1.54) is 16.9 Å². The number of rotatable bonds is 6. The number of carbonyl (C=O) groups excluding carboxylic acids is 1. The second-order valence-electron chi connectivity index (χ2n) is 5.86. The van der Waals surface area contributed by atoms with E-state index in [0.717, 1.165) is 16.9 Å². The van der Waals surface area contributed by atoms with Crippen LogP contribution in [0.3, 0.4) is 0 Å². The van der Waals surface area contributed by atoms with Gasteiger partial charge >= 0.3 is 0 Å². The Balaban J connectivity index is 1.57. The van der Waals surface area contributed by atoms with Gasteiger partial charge in [0.25, 0.3) is 5.91 Å². The largest absolute Gasteiger partial charge is 0.481 e. The molecule has 0 bridgehead atoms. The molecule has 2 aromatic carbocycles. The molecule has 1 aromatic heterocycles. The normalized spacial score (nSPS) is 11.8. The monoisotopic (exact) mass is 352 g/mol. The number of nitrogens with one attached hydrogen (secondary N) is 1. The molecule has 3 aromatic rings. The third kappa shape index (κ3) is 4.90. The van der Waals surface area contributed by atoms with Crippen LogP contribution >= 0.6 is 11.3 Å². The molecule has 3 rings (SSSR count). The van der Waals surface area contributed by atoms with Gasteiger partial charge in [-0.3, -0.25) is 10.1 Å². The van der Waals surface area contributed by atoms with E-state index in [9.17, 15) is 4.79 Å². The van der Waals surface area contributed by atoms with E-state index in [0.29, 0.717) is 10.9 Å². The van der Waals surface area contributed by atoms with Gasteiger partial charge in [0.1, 0.15) is 5.75 Å². The van der Waals surface area contributed by atoms with Gasteiger partial charge in [0.15, 0.2) is 11.2 Å². The van der Waals surface area contributed by atoms with Gasteiger partial charge in [-0.1, -0.05) is 42.5 Å². The molecule has 25 heavy (non-hydrogen) atoms. The van der Waals surface area contributed by atoms with Crippen LogP contribution in [0.5, 0.6) is 5.75 Å². The second-order valence-corrected chi connectivity index (χ2v) is 6.98. The number of nitrogens with zero attached hydrogens (tertiary/aromatic N) is 1. The Hall–Kier alpha value is -2.66. The second kappa shape index (κ2) is 7.94. The number of ether oxygens (including phenoxy) is 1. The number of hydrogen-bond acceptors (Lipinski definition) is 4. The smallest absolute Gasteiger partial charge is 0.266 e. The average molecular weight is 352 g/mol. The number of benzene rings is 2. The molecule has 1 amide bonds. The van der Waals surface area contributed by atoms with E-state index in [1.807, 2.05) is 49.4 Å². The van der Waals surface area contributed by atoms with Gasteiger partial charge in [-0.15, -0.1) is 11.3 Å². The molecule has 4 nitrogen and oxygen atoms in total. The van der Waals surface area contributed by atoms with Crippen molar-refractivity contribution in [2.24, 2.45) is 0 Å². The minimum absolute atomic E-state index is 0.206. The summed E-state index contributed by atoms with van der Waals surface area (Å²) in [7, 11) is 0. The van der Waals surface area contributed by atoms with Gasteiger partial charge in [-0.2, -0.15) is 0 Å². The molecule has 0 radical (unpaired) electrons. The van der Waals surface area contributed by atoms with Gasteiger partial charge in [-0.05, 0) is 37.1 Å². The van der Waals surface area contributed by atoms with E-state index in [2.05, 4.69) is 22.4 Å². The topological polar surface area (TPSA) is 51.2 Å². The van der Waals surface area contributed by atoms with Crippen molar-refractivity contribution in [2.45, 2.75) is 26.4 Å². The lowest BCUT2D eigenvalue weighted by Crippen LogP contribution is -2.30. The first-order valence-corrected chi connectivity index (χ1v) is 8.94. The molecule has 1 heterocycles. The van der Waals surface area contributed by atoms with Gasteiger partial charge in [0.05, 0.1) is 0 Å². The zero-order valence-electron chi connectivity index (χ0n) is 14.2. The average Bonchev–Trinajstić information content (AvgIpc) is 3.02. The molecule has 0 saturated carbocycles. The first-order chi connectivity index (χ1) is 12.1. The lowest BCUT2D eigenvalue weighted by atomic mass is 10.1. The first-order valence-electron chi connectivity index (χ1n) is 8.13. The van der Waals surface area contributed by atoms with Crippen LogP contribution in [0.1, 0.15) is 22.9 Å². The van der Waals surface area contributed by atoms with Gasteiger partial charge in [-0.25, -0.2) is 4.98 Å². The van der Waals surface area contributed by atoms with Gasteiger partial charge in [0, 0.05) is 17.5 Å². The first kappa shape index (κ1) is 17.2. The predicted octanol–water partition coefficient (Wildman–Crippen LogP) is 4.45. The van der Waals surface area contributed by atoms with E-state index in [-0.39, 0.29) is 5.91 Å². The number of anilines is 1. The Bertz CT molecular complexity index is 846. The molecular weight excluding hydrogens is 332 g/mol. The van der Waals surface area contributed by atoms with E-state index in [1.54, 1.807) is 13.1 Å². The summed E-state index contributed by atoms with van der Waals surface area (Å²) in [5, 5.41) is 3.42. The molecule has 1 unspecified atom stereocenters. The molecule has 0 aliphatic rings. The van der Waals surface area contributed by atoms with E-state index < -0.39 is 6.10 Å². The maximum Gasteiger partial charge on any atom is 0.266 e. The number of amides is 1. The molecule has 0 spiro atoms. The summed E-state index contributed by atoms with van der Waals surface area (Å²) in [6.07, 6.45) is 2.02. The fraction of sp³-hybridized carbons (Fsp3) is 0.200. The van der Waals surface area contributed by atoms with Crippen molar-refractivity contribution in [1.82, 2.24) is 4.98 Å². The summed E-state index contributed by atoms with van der Waals surface area (Å²) in [5.74, 6) is 0.480. The van der Waals surface area contributed by atoms with Crippen molar-refractivity contribution in [1.29, 1.82) is 0 Å². The zero-order chi connectivity index (χ0) is 17.6. The summed E-state index contributed by atoms with van der Waals surface area (Å²) < 4.78 is 5.70. The Labute approximate surface area is 151 Å². The summed E-state index contributed by atoms with van der Waals surface area (Å²) in [5.41, 5.74) is 2.32. The fourth-order valence-corrected chi connectivity index (χ4v) is 3.25. The molecule has 5 heteroatoms. The number of hydrogen-bond donors (Lipinski definition) is 1. The quantitative estimate of drug-likeness (QED) is 0.713. The van der Waals surface area contributed by atoms with E-state index >= 15 is 0 Å². The third-order valence-corrected chi connectivity index (χ3v) is 4.59. The molecule has 0 aliphatic carbocycles. The van der Waals surface area contributed by atoms with Crippen molar-refractivity contribution in [3.63, 3.8) is 0 Å². The molecule has 1 N–H and O–H groups in total. The number of thiazole rings is 1. The van der Waals surface area contributed by atoms with Crippen LogP contribution in [0.2, 0.25) is 0 Å². The highest BCUT2D eigenvalue weighted by molar-refractivity contribution is 7.15. The van der Waals surface area contributed by atoms with Crippen molar-refractivity contribution >= 4 is 22.4 Å². The predicted molar refractivity (Wildman–Crippen MR) is 101 cm³/mol. The van der Waals surface area contributed by atoms with Crippen molar-refractivity contribution in [2.75, 3.05) is 5.32 Å². The van der Waals surface area contributed by atoms with Crippen LogP contribution in [0.4, 0.5) is 5.13 Å². The number of carbonyl (C=O) groups is 1. The Morgan fingerprint density at radius 3 is 2.76 bits per heavy atom. The lowest BCUT2D eigenvalue weighted by Gasteiger charge is -2.14. The van der Waals surface area contributed by atoms with Gasteiger partial charge in [0.2, 0.25) is 0 Å². The highest BCUT2D eigenvalue weighted by atomic mass is 32.1. The van der Waals surface area contributed by atoms with Crippen LogP contribution < -0.4 is 10.1 Å². The minimum atomic E-state index is -0.594. The molecule has 0 aliphatic heterocycles. The third-order valence-electron chi connectivity index (χ3n) is 3.68. The molecule has 128 valence electrons. The van der Waals surface area contributed by atoms with Crippen LogP contribution in [-0.2, 0) is 11.2 Å².